The molecule has 28 heavy (non-hydrogen) atoms. The van der Waals surface area contributed by atoms with E-state index < -0.39 is 42.4 Å². The molecule has 0 saturated carbocycles. The third-order valence-electron chi connectivity index (χ3n) is 4.59. The molecule has 0 aliphatic carbocycles. The van der Waals surface area contributed by atoms with Gasteiger partial charge in [-0.2, -0.15) is 0 Å². The average molecular weight is 389 g/mol. The number of imide groups is 1. The van der Waals surface area contributed by atoms with Gasteiger partial charge in [-0.15, -0.1) is 0 Å². The lowest BCUT2D eigenvalue weighted by Gasteiger charge is -2.21. The average Bonchev–Trinajstić information content (AvgIpc) is 2.84. The zero-order valence-electron chi connectivity index (χ0n) is 16.9. The van der Waals surface area contributed by atoms with Gasteiger partial charge < -0.3 is 10.1 Å². The van der Waals surface area contributed by atoms with Crippen molar-refractivity contribution in [2.45, 2.75) is 46.2 Å². The van der Waals surface area contributed by atoms with Crippen LogP contribution >= 0.6 is 0 Å². The van der Waals surface area contributed by atoms with Crippen molar-refractivity contribution in [3.63, 3.8) is 0 Å². The summed E-state index contributed by atoms with van der Waals surface area (Å²) in [6, 6.07) is 5.12. The first-order chi connectivity index (χ1) is 13.1. The quantitative estimate of drug-likeness (QED) is 0.567. The molecule has 1 aromatic carbocycles. The summed E-state index contributed by atoms with van der Waals surface area (Å²) >= 11 is 0. The highest BCUT2D eigenvalue weighted by Gasteiger charge is 2.44. The number of benzene rings is 1. The summed E-state index contributed by atoms with van der Waals surface area (Å²) in [5, 5.41) is 2.57. The molecule has 1 heterocycles. The second-order valence-electron chi connectivity index (χ2n) is 7.36. The highest BCUT2D eigenvalue weighted by molar-refractivity contribution is 6.15. The fraction of sp³-hybridized carbons (Fsp3) is 0.500. The minimum absolute atomic E-state index is 0.150. The number of anilines is 1. The molecule has 152 valence electrons. The molecule has 1 aliphatic heterocycles. The monoisotopic (exact) mass is 389 g/mol. The molecular weight excluding hydrogens is 362 g/mol. The van der Waals surface area contributed by atoms with Crippen LogP contribution in [0.2, 0.25) is 0 Å². The van der Waals surface area contributed by atoms with Crippen molar-refractivity contribution in [3.05, 3.63) is 29.8 Å². The first-order valence-corrected chi connectivity index (χ1v) is 9.24. The molecule has 4 amide bonds. The second kappa shape index (κ2) is 8.86. The van der Waals surface area contributed by atoms with Gasteiger partial charge in [0.2, 0.25) is 5.91 Å². The number of rotatable bonds is 7. The van der Waals surface area contributed by atoms with Gasteiger partial charge in [-0.05, 0) is 38.3 Å². The normalized spacial score (nSPS) is 17.9. The highest BCUT2D eigenvalue weighted by Crippen LogP contribution is 2.25. The first-order valence-electron chi connectivity index (χ1n) is 9.24. The molecule has 0 aromatic heterocycles. The van der Waals surface area contributed by atoms with E-state index in [1.807, 2.05) is 32.9 Å². The van der Waals surface area contributed by atoms with Crippen LogP contribution in [-0.2, 0) is 19.1 Å². The molecule has 0 spiro atoms. The number of methoxy groups -OCH3 is 1. The Kier molecular flexibility index (Phi) is 6.77. The van der Waals surface area contributed by atoms with Crippen molar-refractivity contribution in [1.82, 2.24) is 10.2 Å². The van der Waals surface area contributed by atoms with Crippen molar-refractivity contribution in [1.29, 1.82) is 0 Å². The van der Waals surface area contributed by atoms with Crippen molar-refractivity contribution >= 4 is 29.5 Å². The van der Waals surface area contributed by atoms with Gasteiger partial charge in [0.15, 0.2) is 0 Å². The van der Waals surface area contributed by atoms with E-state index in [4.69, 9.17) is 4.74 Å². The highest BCUT2D eigenvalue weighted by atomic mass is 16.5. The lowest BCUT2D eigenvalue weighted by Crippen LogP contribution is -2.48. The van der Waals surface area contributed by atoms with Crippen molar-refractivity contribution < 1.29 is 23.9 Å². The molecule has 2 rings (SSSR count). The van der Waals surface area contributed by atoms with E-state index in [9.17, 15) is 19.2 Å². The van der Waals surface area contributed by atoms with E-state index in [-0.39, 0.29) is 5.92 Å². The third kappa shape index (κ3) is 4.68. The summed E-state index contributed by atoms with van der Waals surface area (Å²) in [6.07, 6.45) is 0.395. The molecule has 0 bridgehead atoms. The Morgan fingerprint density at radius 3 is 2.32 bits per heavy atom. The Balaban J connectivity index is 2.11. The first kappa shape index (κ1) is 21.4. The Morgan fingerprint density at radius 1 is 1.18 bits per heavy atom. The van der Waals surface area contributed by atoms with Crippen LogP contribution in [0.25, 0.3) is 0 Å². The summed E-state index contributed by atoms with van der Waals surface area (Å²) in [4.78, 5) is 51.9. The minimum Gasteiger partial charge on any atom is -0.467 e. The van der Waals surface area contributed by atoms with Crippen molar-refractivity contribution in [2.24, 2.45) is 5.92 Å². The van der Waals surface area contributed by atoms with E-state index in [2.05, 4.69) is 5.32 Å². The smallest absolute Gasteiger partial charge is 0.332 e. The van der Waals surface area contributed by atoms with Gasteiger partial charge in [0, 0.05) is 5.69 Å². The maximum Gasteiger partial charge on any atom is 0.332 e. The molecular formula is C20H27N3O5. The summed E-state index contributed by atoms with van der Waals surface area (Å²) < 4.78 is 4.72. The molecule has 0 radical (unpaired) electrons. The Labute approximate surface area is 164 Å². The predicted molar refractivity (Wildman–Crippen MR) is 104 cm³/mol. The van der Waals surface area contributed by atoms with Crippen LogP contribution in [0.5, 0.6) is 0 Å². The van der Waals surface area contributed by atoms with Crippen LogP contribution in [0.1, 0.15) is 32.8 Å². The molecule has 0 unspecified atom stereocenters. The van der Waals surface area contributed by atoms with Crippen LogP contribution in [0.3, 0.4) is 0 Å². The number of ether oxygens (including phenoxy) is 1. The van der Waals surface area contributed by atoms with Crippen LogP contribution in [0, 0.1) is 12.8 Å². The summed E-state index contributed by atoms with van der Waals surface area (Å²) in [5.41, 5.74) is 1.62. The fourth-order valence-corrected chi connectivity index (χ4v) is 3.12. The van der Waals surface area contributed by atoms with E-state index >= 15 is 0 Å². The van der Waals surface area contributed by atoms with Crippen LogP contribution < -0.4 is 10.2 Å². The number of hydrogen-bond donors (Lipinski definition) is 1. The van der Waals surface area contributed by atoms with Gasteiger partial charge in [0.1, 0.15) is 18.6 Å². The van der Waals surface area contributed by atoms with Crippen molar-refractivity contribution in [2.75, 3.05) is 18.6 Å². The van der Waals surface area contributed by atoms with Crippen molar-refractivity contribution in [3.8, 4) is 0 Å². The molecule has 8 nitrogen and oxygen atoms in total. The maximum absolute atomic E-state index is 12.8. The molecule has 2 atom stereocenters. The topological polar surface area (TPSA) is 96.0 Å². The Morgan fingerprint density at radius 2 is 1.79 bits per heavy atom. The van der Waals surface area contributed by atoms with E-state index in [1.165, 1.54) is 12.0 Å². The molecule has 1 saturated heterocycles. The summed E-state index contributed by atoms with van der Waals surface area (Å²) in [7, 11) is 1.25. The van der Waals surface area contributed by atoms with Gasteiger partial charge >= 0.3 is 12.0 Å². The lowest BCUT2D eigenvalue weighted by molar-refractivity contribution is -0.145. The molecule has 1 N–H and O–H groups in total. The number of carbonyl (C=O) groups is 4. The number of esters is 1. The number of nitrogens with zero attached hydrogens (tertiary/aromatic N) is 2. The van der Waals surface area contributed by atoms with E-state index in [0.29, 0.717) is 12.1 Å². The van der Waals surface area contributed by atoms with Crippen LogP contribution in [0.4, 0.5) is 10.5 Å². The van der Waals surface area contributed by atoms with Gasteiger partial charge in [-0.3, -0.25) is 19.4 Å². The predicted octanol–water partition coefficient (Wildman–Crippen LogP) is 1.86. The number of hydrogen-bond acceptors (Lipinski definition) is 5. The van der Waals surface area contributed by atoms with Gasteiger partial charge in [-0.25, -0.2) is 9.59 Å². The third-order valence-corrected chi connectivity index (χ3v) is 4.59. The maximum atomic E-state index is 12.8. The number of urea groups is 1. The summed E-state index contributed by atoms with van der Waals surface area (Å²) in [5.74, 6) is -1.46. The fourth-order valence-electron chi connectivity index (χ4n) is 3.12. The SMILES string of the molecule is COC(=O)[C@H](CC(C)C)NC(=O)CN1C(=O)[C@H](C)N(c2ccc(C)cc2)C1=O. The second-order valence-corrected chi connectivity index (χ2v) is 7.36. The Bertz CT molecular complexity index is 760. The van der Waals surface area contributed by atoms with E-state index in [0.717, 1.165) is 10.5 Å². The van der Waals surface area contributed by atoms with Gasteiger partial charge in [0.25, 0.3) is 5.91 Å². The number of nitrogens with one attached hydrogen (secondary N) is 1. The number of carbonyl (C=O) groups excluding carboxylic acids is 4. The largest absolute Gasteiger partial charge is 0.467 e. The minimum atomic E-state index is -0.823. The number of aryl methyl sites for hydroxylation is 1. The van der Waals surface area contributed by atoms with Crippen LogP contribution in [-0.4, -0.2) is 54.5 Å². The molecule has 1 aliphatic rings. The molecule has 1 aromatic rings. The lowest BCUT2D eigenvalue weighted by atomic mass is 10.0. The standard InChI is InChI=1S/C20H27N3O5/c1-12(2)10-16(19(26)28-5)21-17(24)11-22-18(25)14(4)23(20(22)27)15-8-6-13(3)7-9-15/h6-9,12,14,16H,10-11H2,1-5H3,(H,21,24)/t14-,16-/m0/s1. The number of amides is 4. The van der Waals surface area contributed by atoms with E-state index in [1.54, 1.807) is 19.1 Å². The Hall–Kier alpha value is -2.90. The zero-order chi connectivity index (χ0) is 21.0. The summed E-state index contributed by atoms with van der Waals surface area (Å²) in [6.45, 7) is 6.92. The van der Waals surface area contributed by atoms with Gasteiger partial charge in [0.05, 0.1) is 7.11 Å². The molecule has 8 heteroatoms. The van der Waals surface area contributed by atoms with Gasteiger partial charge in [-0.1, -0.05) is 31.5 Å². The van der Waals surface area contributed by atoms with Crippen LogP contribution in [0.15, 0.2) is 24.3 Å². The molecule has 1 fully saturated rings. The zero-order valence-corrected chi connectivity index (χ0v) is 16.9.